The number of fused-ring (bicyclic) bond motifs is 1. The highest BCUT2D eigenvalue weighted by Crippen LogP contribution is 2.35. The van der Waals surface area contributed by atoms with Gasteiger partial charge in [0.15, 0.2) is 5.78 Å². The van der Waals surface area contributed by atoms with Crippen LogP contribution in [0, 0.1) is 0 Å². The summed E-state index contributed by atoms with van der Waals surface area (Å²) in [7, 11) is 0. The Hall–Kier alpha value is -1.77. The van der Waals surface area contributed by atoms with Gasteiger partial charge in [-0.2, -0.15) is 0 Å². The molecular formula is C16H21NO2. The zero-order valence-corrected chi connectivity index (χ0v) is 11.9. The number of Topliss-reactive ketones (excluding diaryl/α,β-unsaturated/α-hetero) is 1. The van der Waals surface area contributed by atoms with E-state index in [0.717, 1.165) is 42.1 Å². The number of ketones is 1. The van der Waals surface area contributed by atoms with E-state index in [1.165, 1.54) is 0 Å². The largest absolute Gasteiger partial charge is 0.486 e. The third-order valence-electron chi connectivity index (χ3n) is 3.34. The molecule has 0 spiro atoms. The molecule has 102 valence electrons. The van der Waals surface area contributed by atoms with Gasteiger partial charge in [0.05, 0.1) is 12.2 Å². The van der Waals surface area contributed by atoms with Crippen molar-refractivity contribution in [3.05, 3.63) is 35.9 Å². The maximum absolute atomic E-state index is 11.5. The Balaban J connectivity index is 2.39. The number of nitrogens with zero attached hydrogens (tertiary/aromatic N) is 1. The minimum atomic E-state index is 0.0793. The normalized spacial score (nSPS) is 17.6. The van der Waals surface area contributed by atoms with Crippen LogP contribution in [0.5, 0.6) is 5.75 Å². The summed E-state index contributed by atoms with van der Waals surface area (Å²) in [5.41, 5.74) is 2.83. The second kappa shape index (κ2) is 5.47. The number of ether oxygens (including phenoxy) is 1. The van der Waals surface area contributed by atoms with Crippen molar-refractivity contribution in [2.45, 2.75) is 33.3 Å². The average Bonchev–Trinajstić information content (AvgIpc) is 2.37. The standard InChI is InChI=1S/C16H21NO2/c1-5-14-10-17(9-11(2)3)15-8-13(12(4)18)6-7-16(15)19-14/h6-8,14H,2,5,9-10H2,1,3-4H3. The smallest absolute Gasteiger partial charge is 0.159 e. The lowest BCUT2D eigenvalue weighted by Gasteiger charge is -2.36. The quantitative estimate of drug-likeness (QED) is 0.612. The second-order valence-corrected chi connectivity index (χ2v) is 5.22. The lowest BCUT2D eigenvalue weighted by molar-refractivity contribution is 0.101. The van der Waals surface area contributed by atoms with E-state index in [-0.39, 0.29) is 11.9 Å². The molecule has 1 atom stereocenters. The fourth-order valence-electron chi connectivity index (χ4n) is 2.33. The topological polar surface area (TPSA) is 29.5 Å². The van der Waals surface area contributed by atoms with Crippen LogP contribution in [-0.4, -0.2) is 25.0 Å². The third kappa shape index (κ3) is 2.98. The van der Waals surface area contributed by atoms with Gasteiger partial charge in [-0.3, -0.25) is 4.79 Å². The highest BCUT2D eigenvalue weighted by molar-refractivity contribution is 5.95. The Morgan fingerprint density at radius 1 is 1.47 bits per heavy atom. The van der Waals surface area contributed by atoms with Crippen LogP contribution in [0.25, 0.3) is 0 Å². The molecule has 1 unspecified atom stereocenters. The molecule has 0 aliphatic carbocycles. The Morgan fingerprint density at radius 3 is 2.79 bits per heavy atom. The minimum absolute atomic E-state index is 0.0793. The second-order valence-electron chi connectivity index (χ2n) is 5.22. The van der Waals surface area contributed by atoms with Crippen LogP contribution in [-0.2, 0) is 0 Å². The first-order valence-electron chi connectivity index (χ1n) is 6.72. The summed E-state index contributed by atoms with van der Waals surface area (Å²) < 4.78 is 5.94. The predicted molar refractivity (Wildman–Crippen MR) is 78.2 cm³/mol. The van der Waals surface area contributed by atoms with Gasteiger partial charge in [0.25, 0.3) is 0 Å². The van der Waals surface area contributed by atoms with Gasteiger partial charge < -0.3 is 9.64 Å². The van der Waals surface area contributed by atoms with Crippen LogP contribution < -0.4 is 9.64 Å². The van der Waals surface area contributed by atoms with Gasteiger partial charge in [-0.05, 0) is 38.5 Å². The van der Waals surface area contributed by atoms with E-state index < -0.39 is 0 Å². The number of carbonyl (C=O) groups excluding carboxylic acids is 1. The van der Waals surface area contributed by atoms with Crippen molar-refractivity contribution in [3.63, 3.8) is 0 Å². The molecule has 1 heterocycles. The molecule has 19 heavy (non-hydrogen) atoms. The van der Waals surface area contributed by atoms with Gasteiger partial charge in [0.1, 0.15) is 11.9 Å². The lowest BCUT2D eigenvalue weighted by Crippen LogP contribution is -2.40. The molecule has 0 aromatic heterocycles. The average molecular weight is 259 g/mol. The zero-order valence-electron chi connectivity index (χ0n) is 11.9. The molecule has 1 aromatic carbocycles. The van der Waals surface area contributed by atoms with E-state index in [9.17, 15) is 4.79 Å². The number of anilines is 1. The van der Waals surface area contributed by atoms with Crippen LogP contribution in [0.3, 0.4) is 0 Å². The summed E-state index contributed by atoms with van der Waals surface area (Å²) in [4.78, 5) is 13.8. The van der Waals surface area contributed by atoms with Crippen molar-refractivity contribution in [2.24, 2.45) is 0 Å². The Bertz CT molecular complexity index is 507. The molecule has 3 nitrogen and oxygen atoms in total. The molecule has 1 aromatic rings. The predicted octanol–water partition coefficient (Wildman–Crippen LogP) is 3.44. The Labute approximate surface area is 114 Å². The molecule has 0 bridgehead atoms. The molecule has 0 saturated heterocycles. The van der Waals surface area contributed by atoms with Gasteiger partial charge in [-0.15, -0.1) is 0 Å². The fourth-order valence-corrected chi connectivity index (χ4v) is 2.33. The number of hydrogen-bond acceptors (Lipinski definition) is 3. The number of hydrogen-bond donors (Lipinski definition) is 0. The van der Waals surface area contributed by atoms with Crippen LogP contribution >= 0.6 is 0 Å². The van der Waals surface area contributed by atoms with Crippen molar-refractivity contribution < 1.29 is 9.53 Å². The molecule has 0 N–H and O–H groups in total. The van der Waals surface area contributed by atoms with Gasteiger partial charge in [-0.25, -0.2) is 0 Å². The van der Waals surface area contributed by atoms with Crippen molar-refractivity contribution in [1.82, 2.24) is 0 Å². The molecule has 0 amide bonds. The highest BCUT2D eigenvalue weighted by atomic mass is 16.5. The number of rotatable bonds is 4. The monoisotopic (exact) mass is 259 g/mol. The van der Waals surface area contributed by atoms with Crippen LogP contribution in [0.4, 0.5) is 5.69 Å². The molecule has 1 aliphatic rings. The summed E-state index contributed by atoms with van der Waals surface area (Å²) in [6.07, 6.45) is 1.18. The van der Waals surface area contributed by atoms with E-state index in [0.29, 0.717) is 0 Å². The Morgan fingerprint density at radius 2 is 2.21 bits per heavy atom. The molecule has 0 fully saturated rings. The van der Waals surface area contributed by atoms with Gasteiger partial charge in [-0.1, -0.05) is 19.1 Å². The summed E-state index contributed by atoms with van der Waals surface area (Å²) in [5.74, 6) is 0.944. The Kier molecular flexibility index (Phi) is 3.93. The van der Waals surface area contributed by atoms with Crippen LogP contribution in [0.15, 0.2) is 30.4 Å². The molecule has 0 saturated carbocycles. The van der Waals surface area contributed by atoms with Crippen LogP contribution in [0.2, 0.25) is 0 Å². The van der Waals surface area contributed by atoms with Gasteiger partial charge >= 0.3 is 0 Å². The molecule has 1 aliphatic heterocycles. The van der Waals surface area contributed by atoms with E-state index >= 15 is 0 Å². The van der Waals surface area contributed by atoms with Crippen molar-refractivity contribution in [1.29, 1.82) is 0 Å². The molecule has 2 rings (SSSR count). The van der Waals surface area contributed by atoms with Crippen molar-refractivity contribution in [3.8, 4) is 5.75 Å². The van der Waals surface area contributed by atoms with Crippen molar-refractivity contribution in [2.75, 3.05) is 18.0 Å². The fraction of sp³-hybridized carbons (Fsp3) is 0.438. The highest BCUT2D eigenvalue weighted by Gasteiger charge is 2.25. The van der Waals surface area contributed by atoms with Gasteiger partial charge in [0, 0.05) is 12.1 Å². The zero-order chi connectivity index (χ0) is 14.0. The summed E-state index contributed by atoms with van der Waals surface area (Å²) in [6, 6.07) is 5.66. The maximum Gasteiger partial charge on any atom is 0.159 e. The van der Waals surface area contributed by atoms with Gasteiger partial charge in [0.2, 0.25) is 0 Å². The summed E-state index contributed by atoms with van der Waals surface area (Å²) in [6.45, 7) is 11.4. The first-order chi connectivity index (χ1) is 9.01. The van der Waals surface area contributed by atoms with E-state index in [1.54, 1.807) is 6.92 Å². The lowest BCUT2D eigenvalue weighted by atomic mass is 10.1. The van der Waals surface area contributed by atoms with Crippen LogP contribution in [0.1, 0.15) is 37.6 Å². The summed E-state index contributed by atoms with van der Waals surface area (Å²) in [5, 5.41) is 0. The minimum Gasteiger partial charge on any atom is -0.486 e. The number of carbonyl (C=O) groups is 1. The number of benzene rings is 1. The van der Waals surface area contributed by atoms with E-state index in [4.69, 9.17) is 4.74 Å². The first-order valence-corrected chi connectivity index (χ1v) is 6.72. The molecular weight excluding hydrogens is 238 g/mol. The first kappa shape index (κ1) is 13.7. The van der Waals surface area contributed by atoms with E-state index in [2.05, 4.69) is 18.4 Å². The molecule has 0 radical (unpaired) electrons. The third-order valence-corrected chi connectivity index (χ3v) is 3.34. The van der Waals surface area contributed by atoms with Crippen molar-refractivity contribution >= 4 is 11.5 Å². The summed E-state index contributed by atoms with van der Waals surface area (Å²) >= 11 is 0. The SMILES string of the molecule is C=C(C)CN1CC(CC)Oc2ccc(C(C)=O)cc21. The van der Waals surface area contributed by atoms with E-state index in [1.807, 2.05) is 25.1 Å². The maximum atomic E-state index is 11.5. The molecule has 3 heteroatoms.